The number of fused-ring (bicyclic) bond motifs is 2. The van der Waals surface area contributed by atoms with Gasteiger partial charge in [-0.05, 0) is 99.0 Å². The third-order valence-electron chi connectivity index (χ3n) is 13.6. The molecule has 9 rings (SSSR count). The van der Waals surface area contributed by atoms with Gasteiger partial charge in [0.05, 0.1) is 63.3 Å². The number of carbonyl (C=O) groups excluding carboxylic acids is 2. The van der Waals surface area contributed by atoms with E-state index in [0.717, 1.165) is 113 Å². The number of anilines is 2. The minimum absolute atomic E-state index is 0.0611. The van der Waals surface area contributed by atoms with Crippen LogP contribution in [0.5, 0.6) is 11.6 Å². The van der Waals surface area contributed by atoms with Gasteiger partial charge in [0.15, 0.2) is 5.76 Å². The molecule has 4 aliphatic rings. The van der Waals surface area contributed by atoms with E-state index < -0.39 is 18.1 Å². The minimum atomic E-state index is -0.818. The van der Waals surface area contributed by atoms with E-state index in [1.165, 1.54) is 22.7 Å². The molecule has 3 aliphatic heterocycles. The SMILES string of the molecule is Cc1ncsc1-c1ccc([C@H](C)NC(=O)[C@@H]2C[C@@H](O)CN2C(=O)C(c2cc(OCCCCCN3CCC(OC4CC(Oc5ccc6c(c5)Sc5cc([N+](=O)[O-])ccc5N6)C4)CC3)no2)C(C)C)cc1. The lowest BCUT2D eigenvalue weighted by Gasteiger charge is -2.40. The number of aromatic nitrogens is 2. The summed E-state index contributed by atoms with van der Waals surface area (Å²) in [5.74, 6) is 0.0383. The van der Waals surface area contributed by atoms with Crippen molar-refractivity contribution in [2.75, 3.05) is 38.1 Å². The van der Waals surface area contributed by atoms with Crippen molar-refractivity contribution in [1.29, 1.82) is 0 Å². The Morgan fingerprint density at radius 3 is 2.43 bits per heavy atom. The summed E-state index contributed by atoms with van der Waals surface area (Å²) < 4.78 is 24.4. The Morgan fingerprint density at radius 2 is 1.71 bits per heavy atom. The maximum absolute atomic E-state index is 14.2. The Morgan fingerprint density at radius 1 is 0.957 bits per heavy atom. The number of likely N-dealkylation sites (tertiary alicyclic amines) is 2. The molecule has 366 valence electrons. The number of aryl methyl sites for hydroxylation is 1. The number of carbonyl (C=O) groups is 2. The van der Waals surface area contributed by atoms with Crippen molar-refractivity contribution >= 4 is 52.0 Å². The maximum atomic E-state index is 14.2. The molecule has 2 amide bonds. The van der Waals surface area contributed by atoms with Gasteiger partial charge in [-0.1, -0.05) is 49.9 Å². The van der Waals surface area contributed by atoms with Gasteiger partial charge in [0.25, 0.3) is 11.6 Å². The van der Waals surface area contributed by atoms with Crippen molar-refractivity contribution < 1.29 is 38.4 Å². The average Bonchev–Trinajstić information content (AvgIpc) is 4.08. The number of amides is 2. The first-order valence-electron chi connectivity index (χ1n) is 24.2. The summed E-state index contributed by atoms with van der Waals surface area (Å²) in [5.41, 5.74) is 6.71. The topological polar surface area (TPSA) is 195 Å². The standard InChI is InChI=1S/C51H61N7O9S2/c1-30(2)48(51(61)57-28-36(59)23-43(57)50(60)53-31(3)33-8-10-34(11-9-33)49-32(4)52-29-68-49)44-27-47(55-67-44)64-21-7-5-6-18-56-19-16-37(17-20-56)65-39-24-40(25-39)66-38-13-15-42-46(26-38)69-45-22-35(58(62)63)12-14-41(45)54-42/h8-15,22,26-27,29-31,36-37,39-40,43,48,54,59H,5-7,16-21,23-25,28H2,1-4H3,(H,53,60)/t31-,36+,39?,40?,43-,48?/m0/s1. The van der Waals surface area contributed by atoms with Crippen LogP contribution in [0.4, 0.5) is 17.1 Å². The van der Waals surface area contributed by atoms with E-state index >= 15 is 0 Å². The first-order chi connectivity index (χ1) is 33.3. The number of nitrogens with one attached hydrogen (secondary N) is 2. The van der Waals surface area contributed by atoms with Crippen LogP contribution in [0, 0.1) is 23.0 Å². The molecule has 3 N–H and O–H groups in total. The summed E-state index contributed by atoms with van der Waals surface area (Å²) in [5, 5.41) is 32.5. The third-order valence-corrected chi connectivity index (χ3v) is 15.7. The summed E-state index contributed by atoms with van der Waals surface area (Å²) in [4.78, 5) is 50.0. The highest BCUT2D eigenvalue weighted by Gasteiger charge is 2.44. The second kappa shape index (κ2) is 21.6. The van der Waals surface area contributed by atoms with Crippen LogP contribution in [-0.2, 0) is 14.3 Å². The number of hydrogen-bond acceptors (Lipinski definition) is 15. The molecule has 0 radical (unpaired) electrons. The van der Waals surface area contributed by atoms with Crippen LogP contribution in [0.25, 0.3) is 10.4 Å². The van der Waals surface area contributed by atoms with Crippen molar-refractivity contribution in [3.8, 4) is 22.1 Å². The first kappa shape index (κ1) is 48.5. The van der Waals surface area contributed by atoms with Gasteiger partial charge in [-0.2, -0.15) is 0 Å². The fourth-order valence-electron chi connectivity index (χ4n) is 9.69. The average molecular weight is 980 g/mol. The van der Waals surface area contributed by atoms with E-state index in [4.69, 9.17) is 18.7 Å². The number of ether oxygens (including phenoxy) is 3. The molecule has 0 bridgehead atoms. The number of rotatable bonds is 19. The molecular weight excluding hydrogens is 919 g/mol. The number of thiazole rings is 1. The van der Waals surface area contributed by atoms with Crippen molar-refractivity contribution in [2.45, 2.75) is 131 Å². The lowest BCUT2D eigenvalue weighted by molar-refractivity contribution is -0.385. The number of piperidine rings is 1. The number of aliphatic hydroxyl groups excluding tert-OH is 1. The molecule has 2 aromatic heterocycles. The Hall–Kier alpha value is -5.53. The van der Waals surface area contributed by atoms with Crippen molar-refractivity contribution in [2.24, 2.45) is 5.92 Å². The van der Waals surface area contributed by atoms with Crippen LogP contribution in [0.1, 0.15) is 101 Å². The lowest BCUT2D eigenvalue weighted by Crippen LogP contribution is -2.48. The Labute approximate surface area is 410 Å². The molecule has 4 atom stereocenters. The van der Waals surface area contributed by atoms with E-state index in [0.29, 0.717) is 18.2 Å². The molecule has 1 aliphatic carbocycles. The van der Waals surface area contributed by atoms with Gasteiger partial charge >= 0.3 is 0 Å². The highest BCUT2D eigenvalue weighted by atomic mass is 32.2. The smallest absolute Gasteiger partial charge is 0.270 e. The van der Waals surface area contributed by atoms with Gasteiger partial charge in [-0.3, -0.25) is 19.7 Å². The summed E-state index contributed by atoms with van der Waals surface area (Å²) in [7, 11) is 0. The predicted molar refractivity (Wildman–Crippen MR) is 263 cm³/mol. The van der Waals surface area contributed by atoms with Crippen molar-refractivity contribution in [1.82, 2.24) is 25.3 Å². The van der Waals surface area contributed by atoms with Crippen LogP contribution >= 0.6 is 23.1 Å². The van der Waals surface area contributed by atoms with Crippen LogP contribution in [0.3, 0.4) is 0 Å². The van der Waals surface area contributed by atoms with E-state index in [1.54, 1.807) is 29.5 Å². The number of β-amino-alcohol motifs (C(OH)–C–C–N with tert-alkyl or cyclic N) is 1. The zero-order chi connectivity index (χ0) is 48.2. The first-order valence-corrected chi connectivity index (χ1v) is 25.9. The summed E-state index contributed by atoms with van der Waals surface area (Å²) in [6.45, 7) is 11.4. The fraction of sp³-hybridized carbons (Fsp3) is 0.490. The van der Waals surface area contributed by atoms with Crippen LogP contribution in [0.15, 0.2) is 86.6 Å². The van der Waals surface area contributed by atoms with Gasteiger partial charge < -0.3 is 44.3 Å². The van der Waals surface area contributed by atoms with Gasteiger partial charge in [0, 0.05) is 66.9 Å². The normalized spacial score (nSPS) is 21.2. The molecule has 0 spiro atoms. The maximum Gasteiger partial charge on any atom is 0.270 e. The van der Waals surface area contributed by atoms with Gasteiger partial charge in [0.2, 0.25) is 11.8 Å². The van der Waals surface area contributed by atoms with E-state index in [9.17, 15) is 24.8 Å². The number of aliphatic hydroxyl groups is 1. The molecule has 5 heterocycles. The van der Waals surface area contributed by atoms with E-state index in [1.807, 2.05) is 75.7 Å². The minimum Gasteiger partial charge on any atom is -0.490 e. The summed E-state index contributed by atoms with van der Waals surface area (Å²) in [6, 6.07) is 19.4. The molecule has 69 heavy (non-hydrogen) atoms. The third kappa shape index (κ3) is 11.6. The Kier molecular flexibility index (Phi) is 15.2. The van der Waals surface area contributed by atoms with Crippen LogP contribution in [0.2, 0.25) is 0 Å². The monoisotopic (exact) mass is 979 g/mol. The number of nitro groups is 1. The number of nitrogens with zero attached hydrogens (tertiary/aromatic N) is 5. The fourth-order valence-corrected chi connectivity index (χ4v) is 11.6. The largest absolute Gasteiger partial charge is 0.490 e. The molecule has 5 aromatic rings. The molecule has 1 saturated carbocycles. The second-order valence-corrected chi connectivity index (χ2v) is 21.0. The Bertz CT molecular complexity index is 2590. The van der Waals surface area contributed by atoms with Gasteiger partial charge in [-0.15, -0.1) is 11.3 Å². The molecular formula is C51H61N7O9S2. The zero-order valence-electron chi connectivity index (χ0n) is 39.5. The van der Waals surface area contributed by atoms with Crippen molar-refractivity contribution in [3.05, 3.63) is 99.4 Å². The molecule has 16 nitrogen and oxygen atoms in total. The van der Waals surface area contributed by atoms with E-state index in [2.05, 4.69) is 25.7 Å². The van der Waals surface area contributed by atoms with Gasteiger partial charge in [-0.25, -0.2) is 4.98 Å². The molecule has 3 aromatic carbocycles. The summed E-state index contributed by atoms with van der Waals surface area (Å²) >= 11 is 3.10. The number of nitro benzene ring substituents is 1. The molecule has 3 fully saturated rings. The lowest BCUT2D eigenvalue weighted by atomic mass is 9.91. The highest BCUT2D eigenvalue weighted by Crippen LogP contribution is 2.47. The number of hydrogen-bond donors (Lipinski definition) is 3. The molecule has 1 unspecified atom stereocenters. The summed E-state index contributed by atoms with van der Waals surface area (Å²) in [6.07, 6.45) is 6.60. The van der Waals surface area contributed by atoms with Crippen LogP contribution < -0.4 is 20.1 Å². The number of non-ortho nitro benzene ring substituents is 1. The Balaban J connectivity index is 0.654. The number of benzene rings is 3. The molecule has 2 saturated heterocycles. The van der Waals surface area contributed by atoms with Gasteiger partial charge in [0.1, 0.15) is 23.8 Å². The predicted octanol–water partition coefficient (Wildman–Crippen LogP) is 9.44. The highest BCUT2D eigenvalue weighted by molar-refractivity contribution is 7.99. The number of unbranched alkanes of at least 4 members (excludes halogenated alkanes) is 2. The van der Waals surface area contributed by atoms with Crippen LogP contribution in [-0.4, -0.2) is 105 Å². The van der Waals surface area contributed by atoms with E-state index in [-0.39, 0.29) is 65.7 Å². The zero-order valence-corrected chi connectivity index (χ0v) is 41.1. The molecule has 18 heteroatoms. The quantitative estimate of drug-likeness (QED) is 0.0395. The second-order valence-electron chi connectivity index (χ2n) is 19.0. The van der Waals surface area contributed by atoms with Crippen molar-refractivity contribution in [3.63, 3.8) is 0 Å².